The number of carbonyl (C=O) groups is 1. The molecule has 2 aromatic carbocycles. The molecule has 26 heavy (non-hydrogen) atoms. The van der Waals surface area contributed by atoms with Crippen molar-refractivity contribution in [3.05, 3.63) is 59.9 Å². The highest BCUT2D eigenvalue weighted by atomic mass is 32.2. The largest absolute Gasteiger partial charge is 0.338 e. The third-order valence-electron chi connectivity index (χ3n) is 4.43. The summed E-state index contributed by atoms with van der Waals surface area (Å²) in [5.74, 6) is -0.161. The van der Waals surface area contributed by atoms with Gasteiger partial charge in [-0.25, -0.2) is 12.8 Å². The van der Waals surface area contributed by atoms with Crippen LogP contribution in [0.3, 0.4) is 0 Å². The molecule has 138 valence electrons. The number of hydrogen-bond acceptors (Lipinski definition) is 3. The van der Waals surface area contributed by atoms with E-state index in [1.165, 1.54) is 36.4 Å². The second-order valence-electron chi connectivity index (χ2n) is 6.64. The Bertz CT molecular complexity index is 897. The summed E-state index contributed by atoms with van der Waals surface area (Å²) in [4.78, 5) is 14.5. The predicted molar refractivity (Wildman–Crippen MR) is 98.0 cm³/mol. The summed E-state index contributed by atoms with van der Waals surface area (Å²) in [7, 11) is -3.87. The molecule has 1 N–H and O–H groups in total. The van der Waals surface area contributed by atoms with Crippen molar-refractivity contribution in [2.75, 3.05) is 17.8 Å². The van der Waals surface area contributed by atoms with Gasteiger partial charge in [0.15, 0.2) is 0 Å². The van der Waals surface area contributed by atoms with Crippen LogP contribution in [0.15, 0.2) is 53.4 Å². The third-order valence-corrected chi connectivity index (χ3v) is 5.81. The van der Waals surface area contributed by atoms with E-state index >= 15 is 0 Å². The van der Waals surface area contributed by atoms with Gasteiger partial charge in [0.2, 0.25) is 0 Å². The minimum Gasteiger partial charge on any atom is -0.338 e. The monoisotopic (exact) mass is 376 g/mol. The van der Waals surface area contributed by atoms with Gasteiger partial charge in [0, 0.05) is 24.3 Å². The van der Waals surface area contributed by atoms with Crippen LogP contribution in [0, 0.1) is 11.7 Å². The van der Waals surface area contributed by atoms with Gasteiger partial charge >= 0.3 is 0 Å². The first-order valence-electron chi connectivity index (χ1n) is 8.53. The Kier molecular flexibility index (Phi) is 5.27. The van der Waals surface area contributed by atoms with Crippen LogP contribution in [-0.4, -0.2) is 32.3 Å². The molecule has 5 nitrogen and oxygen atoms in total. The van der Waals surface area contributed by atoms with Gasteiger partial charge in [-0.3, -0.25) is 9.52 Å². The molecule has 0 bridgehead atoms. The van der Waals surface area contributed by atoms with Crippen molar-refractivity contribution in [2.24, 2.45) is 5.92 Å². The number of piperidine rings is 1. The van der Waals surface area contributed by atoms with Crippen LogP contribution in [0.4, 0.5) is 10.1 Å². The van der Waals surface area contributed by atoms with E-state index in [4.69, 9.17) is 0 Å². The molecule has 3 rings (SSSR count). The number of carbonyl (C=O) groups excluding carboxylic acids is 1. The van der Waals surface area contributed by atoms with E-state index in [-0.39, 0.29) is 16.5 Å². The Labute approximate surface area is 152 Å². The lowest BCUT2D eigenvalue weighted by atomic mass is 9.99. The first kappa shape index (κ1) is 18.4. The van der Waals surface area contributed by atoms with Gasteiger partial charge in [0.25, 0.3) is 15.9 Å². The van der Waals surface area contributed by atoms with Crippen molar-refractivity contribution >= 4 is 21.6 Å². The fourth-order valence-electron chi connectivity index (χ4n) is 3.08. The Balaban J connectivity index is 1.81. The van der Waals surface area contributed by atoms with Gasteiger partial charge < -0.3 is 4.90 Å². The Hall–Kier alpha value is -2.41. The summed E-state index contributed by atoms with van der Waals surface area (Å²) in [5.41, 5.74) is 0.606. The zero-order valence-electron chi connectivity index (χ0n) is 14.5. The molecule has 1 saturated heterocycles. The number of halogens is 1. The molecule has 0 radical (unpaired) electrons. The van der Waals surface area contributed by atoms with Crippen molar-refractivity contribution in [3.8, 4) is 0 Å². The number of hydrogen-bond donors (Lipinski definition) is 1. The van der Waals surface area contributed by atoms with Gasteiger partial charge in [-0.2, -0.15) is 0 Å². The lowest BCUT2D eigenvalue weighted by Gasteiger charge is -2.31. The second-order valence-corrected chi connectivity index (χ2v) is 8.32. The molecule has 0 aliphatic carbocycles. The Morgan fingerprint density at radius 1 is 1.19 bits per heavy atom. The fraction of sp³-hybridized carbons (Fsp3) is 0.316. The number of nitrogens with one attached hydrogen (secondary N) is 1. The summed E-state index contributed by atoms with van der Waals surface area (Å²) in [6.07, 6.45) is 2.05. The van der Waals surface area contributed by atoms with E-state index in [1.54, 1.807) is 17.0 Å². The Morgan fingerprint density at radius 3 is 2.62 bits per heavy atom. The van der Waals surface area contributed by atoms with Crippen LogP contribution >= 0.6 is 0 Å². The maximum atomic E-state index is 13.0. The molecule has 1 aliphatic rings. The first-order valence-corrected chi connectivity index (χ1v) is 10.0. The Morgan fingerprint density at radius 2 is 1.92 bits per heavy atom. The molecule has 0 saturated carbocycles. The molecule has 1 atom stereocenters. The standard InChI is InChI=1S/C19H21FN2O3S/c1-14-4-3-11-22(13-14)19(23)15-5-2-6-18(12-15)26(24,25)21-17-9-7-16(20)8-10-17/h2,5-10,12,14,21H,3-4,11,13H2,1H3. The van der Waals surface area contributed by atoms with Crippen molar-refractivity contribution in [1.82, 2.24) is 4.90 Å². The van der Waals surface area contributed by atoms with Crippen LogP contribution in [0.5, 0.6) is 0 Å². The van der Waals surface area contributed by atoms with Gasteiger partial charge in [0.05, 0.1) is 4.90 Å². The molecule has 0 spiro atoms. The fourth-order valence-corrected chi connectivity index (χ4v) is 4.19. The average molecular weight is 376 g/mol. The molecular weight excluding hydrogens is 355 g/mol. The maximum Gasteiger partial charge on any atom is 0.261 e. The van der Waals surface area contributed by atoms with Crippen molar-refractivity contribution in [2.45, 2.75) is 24.7 Å². The number of likely N-dealkylation sites (tertiary alicyclic amines) is 1. The van der Waals surface area contributed by atoms with E-state index < -0.39 is 15.8 Å². The number of benzene rings is 2. The molecule has 1 aliphatic heterocycles. The van der Waals surface area contributed by atoms with Crippen molar-refractivity contribution < 1.29 is 17.6 Å². The summed E-state index contributed by atoms with van der Waals surface area (Å²) in [5, 5.41) is 0. The number of rotatable bonds is 4. The molecule has 1 heterocycles. The molecule has 2 aromatic rings. The average Bonchev–Trinajstić information content (AvgIpc) is 2.63. The minimum atomic E-state index is -3.87. The highest BCUT2D eigenvalue weighted by Gasteiger charge is 2.23. The van der Waals surface area contributed by atoms with E-state index in [9.17, 15) is 17.6 Å². The van der Waals surface area contributed by atoms with Gasteiger partial charge in [-0.15, -0.1) is 0 Å². The van der Waals surface area contributed by atoms with Crippen LogP contribution in [0.25, 0.3) is 0 Å². The zero-order valence-corrected chi connectivity index (χ0v) is 15.3. The molecule has 1 amide bonds. The zero-order chi connectivity index (χ0) is 18.7. The van der Waals surface area contributed by atoms with Crippen LogP contribution in [0.2, 0.25) is 0 Å². The normalized spacial score (nSPS) is 17.8. The molecule has 1 fully saturated rings. The number of anilines is 1. The van der Waals surface area contributed by atoms with Crippen LogP contribution in [-0.2, 0) is 10.0 Å². The predicted octanol–water partition coefficient (Wildman–Crippen LogP) is 3.50. The first-order chi connectivity index (χ1) is 12.3. The number of nitrogens with zero attached hydrogens (tertiary/aromatic N) is 1. The van der Waals surface area contributed by atoms with Crippen molar-refractivity contribution in [3.63, 3.8) is 0 Å². The van der Waals surface area contributed by atoms with Gasteiger partial charge in [0.1, 0.15) is 5.82 Å². The van der Waals surface area contributed by atoms with Gasteiger partial charge in [-0.05, 0) is 61.2 Å². The molecule has 0 aromatic heterocycles. The summed E-state index contributed by atoms with van der Waals surface area (Å²) in [6, 6.07) is 11.0. The van der Waals surface area contributed by atoms with E-state index in [2.05, 4.69) is 11.6 Å². The van der Waals surface area contributed by atoms with Gasteiger partial charge in [-0.1, -0.05) is 13.0 Å². The van der Waals surface area contributed by atoms with E-state index in [1.807, 2.05) is 0 Å². The highest BCUT2D eigenvalue weighted by molar-refractivity contribution is 7.92. The number of amides is 1. The lowest BCUT2D eigenvalue weighted by Crippen LogP contribution is -2.39. The van der Waals surface area contributed by atoms with E-state index in [0.717, 1.165) is 12.8 Å². The molecule has 1 unspecified atom stereocenters. The van der Waals surface area contributed by atoms with Crippen LogP contribution < -0.4 is 4.72 Å². The summed E-state index contributed by atoms with van der Waals surface area (Å²) < 4.78 is 40.5. The summed E-state index contributed by atoms with van der Waals surface area (Å²) in [6.45, 7) is 3.48. The number of sulfonamides is 1. The maximum absolute atomic E-state index is 13.0. The third kappa shape index (κ3) is 4.22. The van der Waals surface area contributed by atoms with Crippen LogP contribution in [0.1, 0.15) is 30.1 Å². The summed E-state index contributed by atoms with van der Waals surface area (Å²) >= 11 is 0. The quantitative estimate of drug-likeness (QED) is 0.888. The molecule has 7 heteroatoms. The van der Waals surface area contributed by atoms with E-state index in [0.29, 0.717) is 24.6 Å². The minimum absolute atomic E-state index is 0.00210. The smallest absolute Gasteiger partial charge is 0.261 e. The van der Waals surface area contributed by atoms with Crippen molar-refractivity contribution in [1.29, 1.82) is 0 Å². The SMILES string of the molecule is CC1CCCN(C(=O)c2cccc(S(=O)(=O)Nc3ccc(F)cc3)c2)C1. The highest BCUT2D eigenvalue weighted by Crippen LogP contribution is 2.21. The topological polar surface area (TPSA) is 66.5 Å². The second kappa shape index (κ2) is 7.45. The lowest BCUT2D eigenvalue weighted by molar-refractivity contribution is 0.0683. The molecular formula is C19H21FN2O3S.